The van der Waals surface area contributed by atoms with Gasteiger partial charge in [0.05, 0.1) is 41.9 Å². The lowest BCUT2D eigenvalue weighted by atomic mass is 10.0. The molecule has 1 aromatic carbocycles. The first-order chi connectivity index (χ1) is 19.2. The van der Waals surface area contributed by atoms with Crippen LogP contribution in [0.5, 0.6) is 0 Å². The summed E-state index contributed by atoms with van der Waals surface area (Å²) in [7, 11) is 3.73. The van der Waals surface area contributed by atoms with Crippen LogP contribution in [0.25, 0.3) is 32.2 Å². The monoisotopic (exact) mass is 567 g/mol. The highest BCUT2D eigenvalue weighted by Gasteiger charge is 2.37. The molecule has 4 aromatic heterocycles. The van der Waals surface area contributed by atoms with Gasteiger partial charge in [0.15, 0.2) is 0 Å². The number of fused-ring (bicyclic) bond motifs is 2. The lowest BCUT2D eigenvalue weighted by molar-refractivity contribution is -0.126. The fraction of sp³-hybridized carbons (Fsp3) is 0.357. The summed E-state index contributed by atoms with van der Waals surface area (Å²) < 4.78 is 40.6. The molecule has 0 spiro atoms. The zero-order chi connectivity index (χ0) is 28.0. The zero-order valence-corrected chi connectivity index (χ0v) is 22.7. The van der Waals surface area contributed by atoms with Gasteiger partial charge in [0, 0.05) is 48.7 Å². The number of aryl methyl sites for hydroxylation is 1. The molecular weight excluding hydrogens is 539 g/mol. The molecule has 1 fully saturated rings. The van der Waals surface area contributed by atoms with Gasteiger partial charge >= 0.3 is 6.18 Å². The highest BCUT2D eigenvalue weighted by atomic mass is 32.1. The Kier molecular flexibility index (Phi) is 6.93. The lowest BCUT2D eigenvalue weighted by Crippen LogP contribution is -2.38. The Balaban J connectivity index is 1.11. The van der Waals surface area contributed by atoms with E-state index in [0.29, 0.717) is 35.4 Å². The number of hydrogen-bond donors (Lipinski definition) is 2. The van der Waals surface area contributed by atoms with E-state index in [1.165, 1.54) is 12.4 Å². The van der Waals surface area contributed by atoms with Crippen LogP contribution < -0.4 is 10.2 Å². The minimum absolute atomic E-state index is 0.0797. The molecule has 5 aromatic rings. The number of pyridine rings is 1. The van der Waals surface area contributed by atoms with Crippen LogP contribution in [0.2, 0.25) is 0 Å². The minimum atomic E-state index is -4.29. The Bertz CT molecular complexity index is 1650. The maximum atomic E-state index is 12.9. The first-order valence-electron chi connectivity index (χ1n) is 13.0. The van der Waals surface area contributed by atoms with Crippen molar-refractivity contribution in [2.45, 2.75) is 50.2 Å². The number of benzene rings is 1. The number of halogens is 3. The van der Waals surface area contributed by atoms with Crippen molar-refractivity contribution in [1.29, 1.82) is 0 Å². The third kappa shape index (κ3) is 5.26. The number of aromatic nitrogens is 5. The van der Waals surface area contributed by atoms with Crippen molar-refractivity contribution in [1.82, 2.24) is 30.0 Å². The number of aliphatic hydroxyl groups is 1. The van der Waals surface area contributed by atoms with Gasteiger partial charge in [0.2, 0.25) is 0 Å². The van der Waals surface area contributed by atoms with E-state index in [1.807, 2.05) is 42.3 Å². The first-order valence-corrected chi connectivity index (χ1v) is 13.8. The van der Waals surface area contributed by atoms with E-state index in [0.717, 1.165) is 38.9 Å². The van der Waals surface area contributed by atoms with Crippen molar-refractivity contribution in [3.05, 3.63) is 65.7 Å². The van der Waals surface area contributed by atoms with Crippen LogP contribution in [-0.4, -0.2) is 61.3 Å². The smallest absolute Gasteiger partial charge is 0.391 e. The minimum Gasteiger partial charge on any atom is -0.391 e. The van der Waals surface area contributed by atoms with Crippen molar-refractivity contribution >= 4 is 38.3 Å². The third-order valence-corrected chi connectivity index (χ3v) is 8.64. The first kappa shape index (κ1) is 26.6. The van der Waals surface area contributed by atoms with E-state index in [-0.39, 0.29) is 17.0 Å². The van der Waals surface area contributed by atoms with Gasteiger partial charge < -0.3 is 15.3 Å². The molecule has 0 unspecified atom stereocenters. The predicted molar refractivity (Wildman–Crippen MR) is 149 cm³/mol. The summed E-state index contributed by atoms with van der Waals surface area (Å²) in [5, 5.41) is 20.4. The molecule has 0 bridgehead atoms. The second kappa shape index (κ2) is 10.4. The number of thiophene rings is 1. The van der Waals surface area contributed by atoms with Crippen LogP contribution in [0, 0.1) is 0 Å². The molecule has 4 heterocycles. The fourth-order valence-electron chi connectivity index (χ4n) is 5.55. The van der Waals surface area contributed by atoms with Crippen LogP contribution in [0.3, 0.4) is 0 Å². The van der Waals surface area contributed by atoms with Crippen LogP contribution in [0.4, 0.5) is 19.0 Å². The van der Waals surface area contributed by atoms with Gasteiger partial charge in [0.25, 0.3) is 0 Å². The highest BCUT2D eigenvalue weighted by Crippen LogP contribution is 2.36. The normalized spacial score (nSPS) is 19.6. The molecule has 0 saturated heterocycles. The quantitative estimate of drug-likeness (QED) is 0.290. The summed E-state index contributed by atoms with van der Waals surface area (Å²) in [6, 6.07) is 9.69. The van der Waals surface area contributed by atoms with Gasteiger partial charge in [-0.05, 0) is 30.0 Å². The van der Waals surface area contributed by atoms with Crippen molar-refractivity contribution in [2.24, 2.45) is 7.05 Å². The third-order valence-electron chi connectivity index (χ3n) is 7.60. The second-order valence-electron chi connectivity index (χ2n) is 10.3. The molecule has 8 nitrogen and oxygen atoms in total. The van der Waals surface area contributed by atoms with Crippen molar-refractivity contribution in [3.63, 3.8) is 0 Å². The molecule has 3 atom stereocenters. The topological polar surface area (TPSA) is 92.0 Å². The number of anilines is 1. The molecule has 6 rings (SSSR count). The van der Waals surface area contributed by atoms with E-state index in [2.05, 4.69) is 49.6 Å². The average molecular weight is 568 g/mol. The summed E-state index contributed by atoms with van der Waals surface area (Å²) in [6.07, 6.45) is 2.25. The Morgan fingerprint density at radius 3 is 2.67 bits per heavy atom. The van der Waals surface area contributed by atoms with Crippen molar-refractivity contribution < 1.29 is 18.3 Å². The Hall–Kier alpha value is -3.61. The van der Waals surface area contributed by atoms with Crippen LogP contribution in [0.15, 0.2) is 55.2 Å². The lowest BCUT2D eigenvalue weighted by Gasteiger charge is -2.28. The van der Waals surface area contributed by atoms with Gasteiger partial charge in [-0.1, -0.05) is 24.3 Å². The van der Waals surface area contributed by atoms with E-state index < -0.39 is 18.7 Å². The largest absolute Gasteiger partial charge is 0.393 e. The Morgan fingerprint density at radius 1 is 1.10 bits per heavy atom. The molecule has 208 valence electrons. The molecule has 0 amide bonds. The number of hydrogen-bond acceptors (Lipinski definition) is 8. The molecule has 2 N–H and O–H groups in total. The van der Waals surface area contributed by atoms with Gasteiger partial charge in [-0.2, -0.15) is 18.3 Å². The van der Waals surface area contributed by atoms with Crippen LogP contribution in [-0.2, 0) is 20.0 Å². The summed E-state index contributed by atoms with van der Waals surface area (Å²) in [5.41, 5.74) is 4.20. The number of likely N-dealkylation sites (N-methyl/N-ethyl adjacent to an activating group) is 1. The van der Waals surface area contributed by atoms with Gasteiger partial charge in [-0.15, -0.1) is 11.3 Å². The number of nitrogens with one attached hydrogen (secondary N) is 1. The molecular formula is C28H28F3N7OS. The van der Waals surface area contributed by atoms with Crippen LogP contribution >= 0.6 is 11.3 Å². The Morgan fingerprint density at radius 2 is 1.90 bits per heavy atom. The summed E-state index contributed by atoms with van der Waals surface area (Å²) in [5.74, 6) is 0.535. The molecule has 1 saturated carbocycles. The highest BCUT2D eigenvalue weighted by molar-refractivity contribution is 7.18. The number of alkyl halides is 3. The zero-order valence-electron chi connectivity index (χ0n) is 21.9. The molecule has 12 heteroatoms. The number of nitrogens with zero attached hydrogens (tertiary/aromatic N) is 6. The molecule has 0 radical (unpaired) electrons. The maximum Gasteiger partial charge on any atom is 0.393 e. The number of aliphatic hydroxyl groups excluding tert-OH is 1. The van der Waals surface area contributed by atoms with Crippen LogP contribution in [0.1, 0.15) is 23.3 Å². The molecule has 40 heavy (non-hydrogen) atoms. The number of rotatable bonds is 7. The maximum absolute atomic E-state index is 12.9. The SMILES string of the molecule is CN(c1ncnc2sc(CC(F)(F)F)cc12)[C@H]1C[C@@H](NCc2ccc(-c3cncc4c3cnn4C)cc2)C[C@H]1O. The average Bonchev–Trinajstić information content (AvgIpc) is 3.62. The van der Waals surface area contributed by atoms with E-state index in [9.17, 15) is 18.3 Å². The summed E-state index contributed by atoms with van der Waals surface area (Å²) >= 11 is 1.03. The van der Waals surface area contributed by atoms with E-state index in [4.69, 9.17) is 0 Å². The van der Waals surface area contributed by atoms with E-state index >= 15 is 0 Å². The summed E-state index contributed by atoms with van der Waals surface area (Å²) in [6.45, 7) is 0.645. The standard InChI is InChI=1S/C28H28F3N7OS/c1-37(26-20-9-19(10-28(29,30)31)40-27(20)35-15-34-26)23-7-18(8-25(23)39)33-11-16-3-5-17(6-4-16)21-12-32-14-24-22(21)13-36-38(24)2/h3-6,9,12-15,18,23,25,33,39H,7-8,10-11H2,1-2H3/t18-,23+,25-/m1/s1. The van der Waals surface area contributed by atoms with Gasteiger partial charge in [-0.3, -0.25) is 9.67 Å². The van der Waals surface area contributed by atoms with E-state index in [1.54, 1.807) is 0 Å². The van der Waals surface area contributed by atoms with Gasteiger partial charge in [-0.25, -0.2) is 9.97 Å². The summed E-state index contributed by atoms with van der Waals surface area (Å²) in [4.78, 5) is 15.5. The van der Waals surface area contributed by atoms with Crippen molar-refractivity contribution in [3.8, 4) is 11.1 Å². The molecule has 1 aliphatic rings. The Labute approximate surface area is 232 Å². The fourth-order valence-corrected chi connectivity index (χ4v) is 6.57. The van der Waals surface area contributed by atoms with Gasteiger partial charge in [0.1, 0.15) is 17.0 Å². The molecule has 1 aliphatic carbocycles. The second-order valence-corrected chi connectivity index (χ2v) is 11.4. The molecule has 0 aliphatic heterocycles. The predicted octanol–water partition coefficient (Wildman–Crippen LogP) is 4.86. The van der Waals surface area contributed by atoms with Crippen molar-refractivity contribution in [2.75, 3.05) is 11.9 Å².